The lowest BCUT2D eigenvalue weighted by Gasteiger charge is -2.06. The summed E-state index contributed by atoms with van der Waals surface area (Å²) in [6.45, 7) is 6.66. The van der Waals surface area contributed by atoms with Crippen LogP contribution in [0.1, 0.15) is 55.1 Å². The third kappa shape index (κ3) is 3.43. The Kier molecular flexibility index (Phi) is 5.35. The van der Waals surface area contributed by atoms with Gasteiger partial charge < -0.3 is 19.4 Å². The molecule has 0 radical (unpaired) electrons. The lowest BCUT2D eigenvalue weighted by molar-refractivity contribution is 0.0473. The molecule has 7 heteroatoms. The fourth-order valence-electron chi connectivity index (χ4n) is 3.37. The number of esters is 2. The molecular weight excluding hydrogens is 360 g/mol. The van der Waals surface area contributed by atoms with E-state index in [1.165, 1.54) is 0 Å². The van der Waals surface area contributed by atoms with Gasteiger partial charge in [0.25, 0.3) is 0 Å². The highest BCUT2D eigenvalue weighted by Gasteiger charge is 2.25. The fraction of sp³-hybridized carbons (Fsp3) is 0.286. The SMILES string of the molecule is CCOC(=O)c1[nH]c(C)c(C(=O)OCC(=O)c2c(C)[nH]c3ccccc23)c1C. The van der Waals surface area contributed by atoms with Gasteiger partial charge in [-0.2, -0.15) is 0 Å². The molecule has 0 unspecified atom stereocenters. The highest BCUT2D eigenvalue weighted by Crippen LogP contribution is 2.23. The molecule has 7 nitrogen and oxygen atoms in total. The van der Waals surface area contributed by atoms with Crippen molar-refractivity contribution in [2.45, 2.75) is 27.7 Å². The average Bonchev–Trinajstić information content (AvgIpc) is 3.15. The van der Waals surface area contributed by atoms with Crippen LogP contribution in [0.4, 0.5) is 0 Å². The van der Waals surface area contributed by atoms with Gasteiger partial charge in [-0.3, -0.25) is 4.79 Å². The van der Waals surface area contributed by atoms with Gasteiger partial charge in [0.05, 0.1) is 12.2 Å². The van der Waals surface area contributed by atoms with Crippen molar-refractivity contribution < 1.29 is 23.9 Å². The Labute approximate surface area is 162 Å². The van der Waals surface area contributed by atoms with Crippen molar-refractivity contribution in [1.82, 2.24) is 9.97 Å². The van der Waals surface area contributed by atoms with Gasteiger partial charge in [-0.1, -0.05) is 18.2 Å². The maximum atomic E-state index is 12.7. The normalized spacial score (nSPS) is 10.9. The van der Waals surface area contributed by atoms with Crippen molar-refractivity contribution in [3.8, 4) is 0 Å². The molecule has 0 aliphatic heterocycles. The molecule has 146 valence electrons. The van der Waals surface area contributed by atoms with E-state index in [2.05, 4.69) is 9.97 Å². The second kappa shape index (κ2) is 7.72. The van der Waals surface area contributed by atoms with E-state index in [-0.39, 0.29) is 30.3 Å². The number of hydrogen-bond acceptors (Lipinski definition) is 5. The Morgan fingerprint density at radius 2 is 1.57 bits per heavy atom. The van der Waals surface area contributed by atoms with E-state index in [0.29, 0.717) is 16.8 Å². The zero-order valence-corrected chi connectivity index (χ0v) is 16.3. The Hall–Kier alpha value is -3.35. The lowest BCUT2D eigenvalue weighted by Crippen LogP contribution is -2.16. The first-order valence-corrected chi connectivity index (χ1v) is 8.99. The molecule has 0 aliphatic carbocycles. The van der Waals surface area contributed by atoms with Crippen LogP contribution in [0, 0.1) is 20.8 Å². The molecule has 0 aliphatic rings. The van der Waals surface area contributed by atoms with Gasteiger partial charge in [-0.05, 0) is 39.3 Å². The molecule has 0 amide bonds. The molecule has 0 atom stereocenters. The average molecular weight is 382 g/mol. The van der Waals surface area contributed by atoms with Crippen LogP contribution in [-0.2, 0) is 9.47 Å². The summed E-state index contributed by atoms with van der Waals surface area (Å²) in [7, 11) is 0. The van der Waals surface area contributed by atoms with Crippen LogP contribution in [0.25, 0.3) is 10.9 Å². The Morgan fingerprint density at radius 3 is 2.29 bits per heavy atom. The predicted octanol–water partition coefficient (Wildman–Crippen LogP) is 3.64. The molecule has 0 saturated carbocycles. The van der Waals surface area contributed by atoms with E-state index >= 15 is 0 Å². The molecule has 3 aromatic rings. The molecule has 0 saturated heterocycles. The smallest absolute Gasteiger partial charge is 0.355 e. The van der Waals surface area contributed by atoms with Crippen molar-refractivity contribution in [1.29, 1.82) is 0 Å². The van der Waals surface area contributed by atoms with Crippen LogP contribution in [0.5, 0.6) is 0 Å². The summed E-state index contributed by atoms with van der Waals surface area (Å²) < 4.78 is 10.2. The largest absolute Gasteiger partial charge is 0.461 e. The number of ether oxygens (including phenoxy) is 2. The molecule has 1 aromatic carbocycles. The van der Waals surface area contributed by atoms with Crippen molar-refractivity contribution in [3.05, 3.63) is 58.0 Å². The molecule has 28 heavy (non-hydrogen) atoms. The van der Waals surface area contributed by atoms with E-state index in [4.69, 9.17) is 9.47 Å². The number of benzene rings is 1. The summed E-state index contributed by atoms with van der Waals surface area (Å²) in [4.78, 5) is 43.2. The second-order valence-corrected chi connectivity index (χ2v) is 6.52. The quantitative estimate of drug-likeness (QED) is 0.501. The lowest BCUT2D eigenvalue weighted by atomic mass is 10.1. The standard InChI is InChI=1S/C21H22N2O5/c1-5-27-21(26)19-11(2)17(12(3)23-19)20(25)28-10-16(24)18-13(4)22-15-9-7-6-8-14(15)18/h6-9,22-23H,5,10H2,1-4H3. The number of carbonyl (C=O) groups is 3. The number of Topliss-reactive ketones (excluding diaryl/α,β-unsaturated/α-hetero) is 1. The summed E-state index contributed by atoms with van der Waals surface area (Å²) in [6, 6.07) is 7.46. The van der Waals surface area contributed by atoms with Gasteiger partial charge in [0, 0.05) is 27.9 Å². The minimum absolute atomic E-state index is 0.213. The number of para-hydroxylation sites is 1. The Balaban J connectivity index is 1.78. The van der Waals surface area contributed by atoms with Gasteiger partial charge >= 0.3 is 11.9 Å². The van der Waals surface area contributed by atoms with Gasteiger partial charge in [-0.25, -0.2) is 9.59 Å². The Bertz CT molecular complexity index is 1070. The maximum absolute atomic E-state index is 12.7. The number of aromatic amines is 2. The number of carbonyl (C=O) groups excluding carboxylic acids is 3. The van der Waals surface area contributed by atoms with Crippen LogP contribution in [-0.4, -0.2) is 40.9 Å². The molecule has 0 bridgehead atoms. The highest BCUT2D eigenvalue weighted by atomic mass is 16.5. The van der Waals surface area contributed by atoms with Gasteiger partial charge in [-0.15, -0.1) is 0 Å². The number of rotatable bonds is 6. The first-order chi connectivity index (χ1) is 13.3. The van der Waals surface area contributed by atoms with E-state index < -0.39 is 11.9 Å². The molecule has 0 spiro atoms. The number of ketones is 1. The van der Waals surface area contributed by atoms with E-state index in [9.17, 15) is 14.4 Å². The molecule has 2 heterocycles. The highest BCUT2D eigenvalue weighted by molar-refractivity contribution is 6.10. The third-order valence-corrected chi connectivity index (χ3v) is 4.63. The number of nitrogens with one attached hydrogen (secondary N) is 2. The fourth-order valence-corrected chi connectivity index (χ4v) is 3.37. The molecule has 2 N–H and O–H groups in total. The molecule has 0 fully saturated rings. The Morgan fingerprint density at radius 1 is 0.893 bits per heavy atom. The summed E-state index contributed by atoms with van der Waals surface area (Å²) in [5.41, 5.74) is 3.47. The number of hydrogen-bond donors (Lipinski definition) is 2. The van der Waals surface area contributed by atoms with Crippen molar-refractivity contribution in [2.75, 3.05) is 13.2 Å². The third-order valence-electron chi connectivity index (χ3n) is 4.63. The van der Waals surface area contributed by atoms with Gasteiger partial charge in [0.15, 0.2) is 6.61 Å². The van der Waals surface area contributed by atoms with Crippen molar-refractivity contribution >= 4 is 28.6 Å². The zero-order chi connectivity index (χ0) is 20.4. The molecular formula is C21H22N2O5. The first kappa shape index (κ1) is 19.4. The first-order valence-electron chi connectivity index (χ1n) is 8.99. The van der Waals surface area contributed by atoms with Crippen LogP contribution < -0.4 is 0 Å². The number of aryl methyl sites for hydroxylation is 2. The molecule has 3 rings (SSSR count). The molecule has 2 aromatic heterocycles. The summed E-state index contributed by atoms with van der Waals surface area (Å²) in [5, 5.41) is 0.791. The van der Waals surface area contributed by atoms with Crippen molar-refractivity contribution in [3.63, 3.8) is 0 Å². The van der Waals surface area contributed by atoms with Gasteiger partial charge in [0.1, 0.15) is 5.69 Å². The summed E-state index contributed by atoms with van der Waals surface area (Å²) in [5.74, 6) is -1.49. The van der Waals surface area contributed by atoms with E-state index in [0.717, 1.165) is 16.6 Å². The minimum Gasteiger partial charge on any atom is -0.461 e. The monoisotopic (exact) mass is 382 g/mol. The predicted molar refractivity (Wildman–Crippen MR) is 104 cm³/mol. The van der Waals surface area contributed by atoms with Crippen molar-refractivity contribution in [2.24, 2.45) is 0 Å². The van der Waals surface area contributed by atoms with Crippen LogP contribution in [0.3, 0.4) is 0 Å². The van der Waals surface area contributed by atoms with Crippen LogP contribution >= 0.6 is 0 Å². The maximum Gasteiger partial charge on any atom is 0.355 e. The topological polar surface area (TPSA) is 101 Å². The van der Waals surface area contributed by atoms with Crippen LogP contribution in [0.15, 0.2) is 24.3 Å². The number of H-pyrrole nitrogens is 2. The van der Waals surface area contributed by atoms with Crippen LogP contribution in [0.2, 0.25) is 0 Å². The minimum atomic E-state index is -0.660. The zero-order valence-electron chi connectivity index (χ0n) is 16.3. The summed E-state index contributed by atoms with van der Waals surface area (Å²) in [6.07, 6.45) is 0. The van der Waals surface area contributed by atoms with E-state index in [1.54, 1.807) is 27.7 Å². The van der Waals surface area contributed by atoms with Gasteiger partial charge in [0.2, 0.25) is 5.78 Å². The van der Waals surface area contributed by atoms with E-state index in [1.807, 2.05) is 24.3 Å². The summed E-state index contributed by atoms with van der Waals surface area (Å²) >= 11 is 0. The number of aromatic nitrogens is 2. The number of fused-ring (bicyclic) bond motifs is 1. The second-order valence-electron chi connectivity index (χ2n) is 6.52.